The topological polar surface area (TPSA) is 136 Å². The molecular formula is C22H25FN6O3. The van der Waals surface area contributed by atoms with E-state index in [9.17, 15) is 14.0 Å². The Morgan fingerprint density at radius 2 is 2.09 bits per heavy atom. The van der Waals surface area contributed by atoms with E-state index in [1.165, 1.54) is 4.90 Å². The fourth-order valence-corrected chi connectivity index (χ4v) is 3.89. The summed E-state index contributed by atoms with van der Waals surface area (Å²) in [7, 11) is 1.54. The molecule has 32 heavy (non-hydrogen) atoms. The van der Waals surface area contributed by atoms with Gasteiger partial charge in [-0.3, -0.25) is 9.59 Å². The molecule has 2 amide bonds. The van der Waals surface area contributed by atoms with E-state index >= 15 is 0 Å². The van der Waals surface area contributed by atoms with Crippen molar-refractivity contribution in [3.63, 3.8) is 0 Å². The number of primary amides is 2. The van der Waals surface area contributed by atoms with E-state index in [2.05, 4.69) is 15.3 Å². The second-order valence-corrected chi connectivity index (χ2v) is 8.06. The molecule has 0 saturated carbocycles. The number of halogens is 1. The van der Waals surface area contributed by atoms with Crippen LogP contribution in [0.4, 0.5) is 21.7 Å². The maximum Gasteiger partial charge on any atom is 0.252 e. The lowest BCUT2D eigenvalue weighted by Crippen LogP contribution is -2.47. The van der Waals surface area contributed by atoms with Gasteiger partial charge in [0.2, 0.25) is 5.91 Å². The molecule has 4 rings (SSSR count). The van der Waals surface area contributed by atoms with E-state index < -0.39 is 23.7 Å². The summed E-state index contributed by atoms with van der Waals surface area (Å²) in [5.74, 6) is -2.17. The number of nitrogens with zero attached hydrogens (tertiary/aromatic N) is 3. The summed E-state index contributed by atoms with van der Waals surface area (Å²) in [5, 5.41) is 3.27. The van der Waals surface area contributed by atoms with Crippen LogP contribution in [0.5, 0.6) is 0 Å². The highest BCUT2D eigenvalue weighted by Gasteiger charge is 2.31. The van der Waals surface area contributed by atoms with Gasteiger partial charge in [0.15, 0.2) is 17.5 Å². The number of carbonyl (C=O) groups excluding carboxylic acids is 2. The Bertz CT molecular complexity index is 1090. The van der Waals surface area contributed by atoms with Crippen LogP contribution in [-0.4, -0.2) is 55.4 Å². The Morgan fingerprint density at radius 3 is 2.75 bits per heavy atom. The Kier molecular flexibility index (Phi) is 6.04. The molecule has 168 valence electrons. The molecule has 2 aliphatic rings. The third kappa shape index (κ3) is 4.40. The van der Waals surface area contributed by atoms with Crippen LogP contribution in [0.1, 0.15) is 22.3 Å². The van der Waals surface area contributed by atoms with Crippen molar-refractivity contribution in [3.8, 4) is 0 Å². The summed E-state index contributed by atoms with van der Waals surface area (Å²) in [6.45, 7) is 1.51. The quantitative estimate of drug-likeness (QED) is 0.595. The van der Waals surface area contributed by atoms with Crippen molar-refractivity contribution >= 4 is 34.8 Å². The number of likely N-dealkylation sites (N-methyl/N-ethyl adjacent to an activating group) is 1. The number of hydrogen-bond acceptors (Lipinski definition) is 7. The summed E-state index contributed by atoms with van der Waals surface area (Å²) < 4.78 is 20.1. The summed E-state index contributed by atoms with van der Waals surface area (Å²) in [6, 6.07) is 8.04. The molecule has 1 aromatic heterocycles. The molecule has 9 nitrogen and oxygen atoms in total. The van der Waals surface area contributed by atoms with E-state index in [-0.39, 0.29) is 23.1 Å². The SMILES string of the molecule is CN(c1nc(N=C2CNc3ccccc3C2)c(C(N)=O)cc1F)C(CC1COC1)C(N)=O. The molecule has 1 atom stereocenters. The van der Waals surface area contributed by atoms with Crippen molar-refractivity contribution in [3.05, 3.63) is 47.3 Å². The lowest BCUT2D eigenvalue weighted by Gasteiger charge is -2.33. The van der Waals surface area contributed by atoms with Gasteiger partial charge in [-0.2, -0.15) is 0 Å². The van der Waals surface area contributed by atoms with Gasteiger partial charge in [-0.05, 0) is 24.1 Å². The zero-order valence-corrected chi connectivity index (χ0v) is 17.7. The van der Waals surface area contributed by atoms with Crippen LogP contribution < -0.4 is 21.7 Å². The minimum atomic E-state index is -0.841. The molecule has 0 aliphatic carbocycles. The summed E-state index contributed by atoms with van der Waals surface area (Å²) in [4.78, 5) is 34.2. The normalized spacial score (nSPS) is 17.8. The van der Waals surface area contributed by atoms with Gasteiger partial charge in [-0.15, -0.1) is 0 Å². The lowest BCUT2D eigenvalue weighted by atomic mass is 9.97. The molecule has 1 unspecified atom stereocenters. The zero-order valence-electron chi connectivity index (χ0n) is 17.7. The third-order valence-electron chi connectivity index (χ3n) is 5.76. The highest BCUT2D eigenvalue weighted by molar-refractivity contribution is 6.01. The first-order valence-corrected chi connectivity index (χ1v) is 10.3. The van der Waals surface area contributed by atoms with Crippen molar-refractivity contribution in [2.75, 3.05) is 37.0 Å². The molecule has 0 radical (unpaired) electrons. The number of fused-ring (bicyclic) bond motifs is 1. The van der Waals surface area contributed by atoms with Gasteiger partial charge in [0, 0.05) is 30.8 Å². The van der Waals surface area contributed by atoms with Gasteiger partial charge in [-0.1, -0.05) is 18.2 Å². The number of pyridine rings is 1. The van der Waals surface area contributed by atoms with E-state index in [1.807, 2.05) is 24.3 Å². The smallest absolute Gasteiger partial charge is 0.252 e. The predicted octanol–water partition coefficient (Wildman–Crippen LogP) is 1.39. The third-order valence-corrected chi connectivity index (χ3v) is 5.76. The Balaban J connectivity index is 1.68. The van der Waals surface area contributed by atoms with Crippen LogP contribution in [0.15, 0.2) is 35.3 Å². The van der Waals surface area contributed by atoms with Crippen molar-refractivity contribution in [1.29, 1.82) is 0 Å². The first kappa shape index (κ1) is 21.7. The maximum atomic E-state index is 14.9. The van der Waals surface area contributed by atoms with E-state index in [0.717, 1.165) is 23.0 Å². The van der Waals surface area contributed by atoms with Crippen molar-refractivity contribution in [1.82, 2.24) is 4.98 Å². The fourth-order valence-electron chi connectivity index (χ4n) is 3.89. The minimum absolute atomic E-state index is 0.00660. The number of aromatic nitrogens is 1. The molecule has 2 aliphatic heterocycles. The highest BCUT2D eigenvalue weighted by atomic mass is 19.1. The Hall–Kier alpha value is -3.53. The van der Waals surface area contributed by atoms with Gasteiger partial charge in [0.25, 0.3) is 5.91 Å². The van der Waals surface area contributed by atoms with Crippen molar-refractivity contribution < 1.29 is 18.7 Å². The molecule has 1 saturated heterocycles. The Morgan fingerprint density at radius 1 is 1.34 bits per heavy atom. The second-order valence-electron chi connectivity index (χ2n) is 8.06. The van der Waals surface area contributed by atoms with Gasteiger partial charge >= 0.3 is 0 Å². The largest absolute Gasteiger partial charge is 0.381 e. The van der Waals surface area contributed by atoms with Crippen molar-refractivity contribution in [2.45, 2.75) is 18.9 Å². The fraction of sp³-hybridized carbons (Fsp3) is 0.364. The van der Waals surface area contributed by atoms with Gasteiger partial charge < -0.3 is 26.4 Å². The molecule has 0 spiro atoms. The van der Waals surface area contributed by atoms with E-state index in [1.54, 1.807) is 7.05 Å². The number of benzene rings is 1. The van der Waals surface area contributed by atoms with Crippen LogP contribution in [0.25, 0.3) is 0 Å². The molecule has 0 bridgehead atoms. The van der Waals surface area contributed by atoms with E-state index in [0.29, 0.717) is 32.6 Å². The molecule has 10 heteroatoms. The highest BCUT2D eigenvalue weighted by Crippen LogP contribution is 2.29. The van der Waals surface area contributed by atoms with Crippen LogP contribution in [0.2, 0.25) is 0 Å². The monoisotopic (exact) mass is 440 g/mol. The average Bonchev–Trinajstić information content (AvgIpc) is 2.73. The van der Waals surface area contributed by atoms with Crippen LogP contribution in [0, 0.1) is 11.7 Å². The molecule has 2 aromatic rings. The number of aliphatic imine (C=N–C) groups is 1. The van der Waals surface area contributed by atoms with E-state index in [4.69, 9.17) is 16.2 Å². The predicted molar refractivity (Wildman–Crippen MR) is 119 cm³/mol. The number of hydrogen-bond donors (Lipinski definition) is 3. The summed E-state index contributed by atoms with van der Waals surface area (Å²) in [5.41, 5.74) is 13.7. The van der Waals surface area contributed by atoms with Crippen LogP contribution in [-0.2, 0) is 16.0 Å². The molecular weight excluding hydrogens is 415 g/mol. The standard InChI is InChI=1S/C22H25FN6O3/c1-29(18(20(25)31)6-12-10-32-11-12)22-16(23)8-15(19(24)30)21(28-22)27-14-7-13-4-2-3-5-17(13)26-9-14/h2-5,8,12,18,26H,6-7,9-11H2,1H3,(H2,24,30)(H2,25,31). The maximum absolute atomic E-state index is 14.9. The number of anilines is 2. The summed E-state index contributed by atoms with van der Waals surface area (Å²) in [6.07, 6.45) is 0.965. The van der Waals surface area contributed by atoms with Crippen LogP contribution >= 0.6 is 0 Å². The minimum Gasteiger partial charge on any atom is -0.381 e. The summed E-state index contributed by atoms with van der Waals surface area (Å²) >= 11 is 0. The second kappa shape index (κ2) is 8.91. The molecule has 1 fully saturated rings. The average molecular weight is 440 g/mol. The van der Waals surface area contributed by atoms with Gasteiger partial charge in [0.1, 0.15) is 6.04 Å². The first-order chi connectivity index (χ1) is 15.3. The Labute approximate surface area is 184 Å². The van der Waals surface area contributed by atoms with Gasteiger partial charge in [0.05, 0.1) is 25.3 Å². The number of nitrogens with two attached hydrogens (primary N) is 2. The number of amides is 2. The number of ether oxygens (including phenoxy) is 1. The molecule has 3 heterocycles. The molecule has 5 N–H and O–H groups in total. The number of para-hydroxylation sites is 1. The number of rotatable bonds is 7. The lowest BCUT2D eigenvalue weighted by molar-refractivity contribution is -0.120. The zero-order chi connectivity index (χ0) is 22.8. The number of nitrogens with one attached hydrogen (secondary N) is 1. The van der Waals surface area contributed by atoms with Gasteiger partial charge in [-0.25, -0.2) is 14.4 Å². The van der Waals surface area contributed by atoms with Crippen LogP contribution in [0.3, 0.4) is 0 Å². The molecule has 1 aromatic carbocycles. The number of carbonyl (C=O) groups is 2. The first-order valence-electron chi connectivity index (χ1n) is 10.3. The van der Waals surface area contributed by atoms with Crippen molar-refractivity contribution in [2.24, 2.45) is 22.4 Å².